The fraction of sp³-hybridized carbons (Fsp3) is 0.652. The third kappa shape index (κ3) is 13.8. The van der Waals surface area contributed by atoms with Crippen LogP contribution in [0.1, 0.15) is 122 Å². The normalized spacial score (nSPS) is 26.8. The molecule has 3 saturated heterocycles. The lowest BCUT2D eigenvalue weighted by Crippen LogP contribution is -2.40. The van der Waals surface area contributed by atoms with Crippen LogP contribution in [0.4, 0.5) is 17.5 Å². The average molecular weight is 1150 g/mol. The maximum Gasteiger partial charge on any atom is 0.472 e. The van der Waals surface area contributed by atoms with E-state index in [4.69, 9.17) is 49.5 Å². The molecule has 2 unspecified atom stereocenters. The molecule has 3 fully saturated rings. The summed E-state index contributed by atoms with van der Waals surface area (Å²) in [5.74, 6) is -0.179. The molecule has 0 bridgehead atoms. The van der Waals surface area contributed by atoms with Crippen LogP contribution < -0.4 is 22.5 Å². The highest BCUT2D eigenvalue weighted by atomic mass is 31.2. The van der Waals surface area contributed by atoms with Crippen molar-refractivity contribution in [2.24, 2.45) is 0 Å². The Morgan fingerprint density at radius 2 is 1.01 bits per heavy atom. The van der Waals surface area contributed by atoms with Crippen LogP contribution >= 0.6 is 15.6 Å². The number of ether oxygens (including phenoxy) is 3. The minimum atomic E-state index is -5.31. The van der Waals surface area contributed by atoms with E-state index in [1.54, 1.807) is 0 Å². The molecule has 33 heteroatoms. The number of nitrogen functional groups attached to an aromatic ring is 3. The third-order valence-corrected chi connectivity index (χ3v) is 16.1. The van der Waals surface area contributed by atoms with Crippen LogP contribution in [0, 0.1) is 0 Å². The number of amides is 1. The number of phosphoric ester groups is 2. The van der Waals surface area contributed by atoms with E-state index in [9.17, 15) is 39.0 Å². The van der Waals surface area contributed by atoms with Crippen molar-refractivity contribution >= 4 is 72.5 Å². The number of rotatable bonds is 29. The number of nitrogens with two attached hydrogens (primary N) is 3. The zero-order valence-corrected chi connectivity index (χ0v) is 45.1. The predicted octanol–water partition coefficient (Wildman–Crippen LogP) is 3.02. The predicted molar refractivity (Wildman–Crippen MR) is 278 cm³/mol. The first-order valence-electron chi connectivity index (χ1n) is 26.4. The van der Waals surface area contributed by atoms with Gasteiger partial charge in [0.05, 0.1) is 38.3 Å². The summed E-state index contributed by atoms with van der Waals surface area (Å²) in [4.78, 5) is 72.5. The highest BCUT2D eigenvalue weighted by Crippen LogP contribution is 2.53. The monoisotopic (exact) mass is 1150 g/mol. The maximum absolute atomic E-state index is 14.0. The molecule has 13 atom stereocenters. The first-order valence-corrected chi connectivity index (χ1v) is 29.4. The summed E-state index contributed by atoms with van der Waals surface area (Å²) in [5.41, 5.74) is 19.0. The van der Waals surface area contributed by atoms with Crippen LogP contribution in [0.2, 0.25) is 0 Å². The summed E-state index contributed by atoms with van der Waals surface area (Å²) < 4.78 is 71.9. The van der Waals surface area contributed by atoms with Crippen LogP contribution in [-0.4, -0.2) is 158 Å². The number of phosphoric acid groups is 2. The maximum atomic E-state index is 14.0. The number of nitrogens with one attached hydrogen (secondary N) is 1. The molecule has 9 heterocycles. The Morgan fingerprint density at radius 1 is 0.595 bits per heavy atom. The molecule has 0 saturated carbocycles. The lowest BCUT2D eigenvalue weighted by atomic mass is 10.0. The molecule has 1 amide bonds. The van der Waals surface area contributed by atoms with Crippen molar-refractivity contribution in [3.63, 3.8) is 0 Å². The summed E-state index contributed by atoms with van der Waals surface area (Å²) in [6, 6.07) is 0. The number of hydrogen-bond donors (Lipinski definition) is 9. The molecule has 79 heavy (non-hydrogen) atoms. The van der Waals surface area contributed by atoms with Crippen molar-refractivity contribution < 1.29 is 71.3 Å². The van der Waals surface area contributed by atoms with Gasteiger partial charge < -0.3 is 61.8 Å². The molecule has 12 N–H and O–H groups in total. The largest absolute Gasteiger partial charge is 0.472 e. The van der Waals surface area contributed by atoms with Crippen LogP contribution in [-0.2, 0) is 46.2 Å². The molecule has 31 nitrogen and oxygen atoms in total. The number of aromatic nitrogens is 12. The van der Waals surface area contributed by atoms with Crippen molar-refractivity contribution in [1.82, 2.24) is 63.9 Å². The standard InChI is InChI=1S/C46H68N16O15P2/c1-2-3-4-5-6-7-8-9-10-11-12-13-14-15-30(64)50-17-28-34(65)36(45(74-28)61-24-58-32-39(48)52-21-55-42(32)61)76-79(69,70)72-19-29-35(66)37(46(75-29)62-25-59-33-40(49)53-22-56-43(33)62)77-78(67,68)71-18-26-16-27(63)44(73-26)60-23-57-31-38(47)51-20-54-41(31)60/h20-29,34-37,44-46,63,65-66H,2-19H2,1H3,(H,50,64)(H,67,68)(H,69,70)(H2,47,51,54)(H2,48,52,55)(H2,49,53,56)/t26-,27+,28+,29+,34+,35+,36+,37+,44+,45+,46+/m0/s1. The molecule has 3 aliphatic heterocycles. The van der Waals surface area contributed by atoms with Gasteiger partial charge in [-0.15, -0.1) is 0 Å². The fourth-order valence-electron chi connectivity index (χ4n) is 9.99. The SMILES string of the molecule is CCCCCCCCCCCCCCCC(=O)NC[C@H]1O[C@@H](n2cnc3c(N)ncnc32)[C@H](OP(=O)(O)OC[C@H]2O[C@@H](n3cnc4c(N)ncnc43)[C@H](OP(=O)(O)OC[C@@H]3C[C@@H](O)[C@H](n4cnc5c(N)ncnc54)O3)[C@@H]2O)[C@@H]1O. The van der Waals surface area contributed by atoms with Gasteiger partial charge in [-0.2, -0.15) is 0 Å². The molecule has 3 aliphatic rings. The second-order valence-electron chi connectivity index (χ2n) is 19.8. The molecule has 6 aromatic rings. The van der Waals surface area contributed by atoms with Gasteiger partial charge in [-0.25, -0.2) is 54.0 Å². The second-order valence-corrected chi connectivity index (χ2v) is 22.6. The van der Waals surface area contributed by atoms with E-state index in [1.807, 2.05) is 0 Å². The molecule has 432 valence electrons. The quantitative estimate of drug-likeness (QED) is 0.0241. The van der Waals surface area contributed by atoms with Crippen LogP contribution in [0.3, 0.4) is 0 Å². The van der Waals surface area contributed by atoms with Crippen LogP contribution in [0.15, 0.2) is 38.0 Å². The van der Waals surface area contributed by atoms with E-state index < -0.39 is 96.4 Å². The van der Waals surface area contributed by atoms with E-state index in [0.29, 0.717) is 6.42 Å². The van der Waals surface area contributed by atoms with E-state index in [0.717, 1.165) is 25.6 Å². The molecular weight excluding hydrogens is 1080 g/mol. The molecule has 0 aliphatic carbocycles. The van der Waals surface area contributed by atoms with Crippen molar-refractivity contribution in [2.75, 3.05) is 37.0 Å². The van der Waals surface area contributed by atoms with Gasteiger partial charge in [0, 0.05) is 19.4 Å². The lowest BCUT2D eigenvalue weighted by Gasteiger charge is -2.25. The van der Waals surface area contributed by atoms with E-state index in [-0.39, 0.29) is 76.2 Å². The Kier molecular flexibility index (Phi) is 19.1. The van der Waals surface area contributed by atoms with E-state index in [2.05, 4.69) is 57.1 Å². The number of nitrogens with zero attached hydrogens (tertiary/aromatic N) is 12. The summed E-state index contributed by atoms with van der Waals surface area (Å²) in [7, 11) is -10.5. The van der Waals surface area contributed by atoms with Gasteiger partial charge in [-0.05, 0) is 6.42 Å². The average Bonchev–Trinajstić information content (AvgIpc) is 4.38. The number of hydrogen-bond acceptors (Lipinski definition) is 25. The summed E-state index contributed by atoms with van der Waals surface area (Å²) in [6.07, 6.45) is 6.64. The summed E-state index contributed by atoms with van der Waals surface area (Å²) in [5, 5.41) is 37.1. The van der Waals surface area contributed by atoms with Crippen LogP contribution in [0.5, 0.6) is 0 Å². The zero-order chi connectivity index (χ0) is 55.8. The number of anilines is 3. The van der Waals surface area contributed by atoms with Crippen molar-refractivity contribution in [2.45, 2.75) is 171 Å². The van der Waals surface area contributed by atoms with Crippen molar-refractivity contribution in [3.05, 3.63) is 38.0 Å². The van der Waals surface area contributed by atoms with Gasteiger partial charge >= 0.3 is 15.6 Å². The van der Waals surface area contributed by atoms with Gasteiger partial charge in [-0.1, -0.05) is 84.0 Å². The second kappa shape index (κ2) is 26.0. The molecule has 0 spiro atoms. The number of fused-ring (bicyclic) bond motifs is 3. The minimum Gasteiger partial charge on any atom is -0.388 e. The fourth-order valence-corrected chi connectivity index (χ4v) is 11.9. The number of carbonyl (C=O) groups is 1. The molecule has 9 rings (SSSR count). The molecule has 0 radical (unpaired) electrons. The Bertz CT molecular complexity index is 3100. The smallest absolute Gasteiger partial charge is 0.388 e. The first kappa shape index (κ1) is 58.2. The first-order chi connectivity index (χ1) is 38.0. The van der Waals surface area contributed by atoms with Gasteiger partial charge in [0.1, 0.15) is 78.3 Å². The summed E-state index contributed by atoms with van der Waals surface area (Å²) >= 11 is 0. The number of aliphatic hydroxyl groups is 3. The van der Waals surface area contributed by atoms with Crippen LogP contribution in [0.25, 0.3) is 33.5 Å². The Balaban J connectivity index is 0.824. The van der Waals surface area contributed by atoms with Crippen molar-refractivity contribution in [1.29, 1.82) is 0 Å². The van der Waals surface area contributed by atoms with Gasteiger partial charge in [0.15, 0.2) is 53.1 Å². The summed E-state index contributed by atoms with van der Waals surface area (Å²) in [6.45, 7) is 0.500. The van der Waals surface area contributed by atoms with E-state index in [1.165, 1.54) is 103 Å². The number of unbranched alkanes of at least 4 members (excludes halogenated alkanes) is 12. The zero-order valence-electron chi connectivity index (χ0n) is 43.4. The molecule has 6 aromatic heterocycles. The minimum absolute atomic E-state index is 0.0199. The number of imidazole rings is 3. The topological polar surface area (TPSA) is 438 Å². The molecular formula is C46H68N16O15P2. The Labute approximate surface area is 452 Å². The van der Waals surface area contributed by atoms with E-state index >= 15 is 0 Å². The number of aliphatic hydroxyl groups excluding tert-OH is 3. The Hall–Kier alpha value is -5.50. The van der Waals surface area contributed by atoms with Gasteiger partial charge in [0.25, 0.3) is 0 Å². The molecule has 0 aromatic carbocycles. The third-order valence-electron chi connectivity index (χ3n) is 14.1. The van der Waals surface area contributed by atoms with Gasteiger partial charge in [-0.3, -0.25) is 36.6 Å². The lowest BCUT2D eigenvalue weighted by molar-refractivity contribution is -0.122. The highest BCUT2D eigenvalue weighted by molar-refractivity contribution is 7.47. The number of carbonyl (C=O) groups excluding carboxylic acids is 1. The Morgan fingerprint density at radius 3 is 1.49 bits per heavy atom. The van der Waals surface area contributed by atoms with Crippen molar-refractivity contribution in [3.8, 4) is 0 Å². The highest BCUT2D eigenvalue weighted by Gasteiger charge is 2.53. The van der Waals surface area contributed by atoms with Gasteiger partial charge in [0.2, 0.25) is 5.91 Å².